The number of hydrogen-bond donors (Lipinski definition) is 1. The monoisotopic (exact) mass is 315 g/mol. The van der Waals surface area contributed by atoms with E-state index in [0.717, 1.165) is 19.3 Å². The number of fused-ring (bicyclic) bond motifs is 1. The van der Waals surface area contributed by atoms with Crippen molar-refractivity contribution < 1.29 is 14.3 Å². The summed E-state index contributed by atoms with van der Waals surface area (Å²) >= 11 is 1.30. The molecule has 1 aliphatic carbocycles. The maximum atomic E-state index is 12.0. The molecular weight excluding hydrogens is 298 g/mol. The largest absolute Gasteiger partial charge is 0.451 e. The van der Waals surface area contributed by atoms with Crippen molar-refractivity contribution in [3.63, 3.8) is 0 Å². The molecule has 5 heteroatoms. The third kappa shape index (κ3) is 3.36. The molecule has 0 aliphatic heterocycles. The van der Waals surface area contributed by atoms with Gasteiger partial charge in [0.15, 0.2) is 6.61 Å². The van der Waals surface area contributed by atoms with Crippen LogP contribution in [0.25, 0.3) is 0 Å². The van der Waals surface area contributed by atoms with Gasteiger partial charge in [-0.1, -0.05) is 30.3 Å². The lowest BCUT2D eigenvalue weighted by atomic mass is 9.88. The third-order valence-corrected chi connectivity index (χ3v) is 4.61. The summed E-state index contributed by atoms with van der Waals surface area (Å²) in [7, 11) is 0. The molecule has 0 radical (unpaired) electrons. The van der Waals surface area contributed by atoms with Crippen molar-refractivity contribution in [3.8, 4) is 0 Å². The standard InChI is InChI=1S/C17H17NO3S/c19-16(11-21-17(20)15-9-4-10-22-15)18-14-8-3-6-12-5-1-2-7-13(12)14/h1-2,4-5,7,9-10,14H,3,6,8,11H2,(H,18,19)/t14-/m0/s1. The van der Waals surface area contributed by atoms with Gasteiger partial charge in [0.1, 0.15) is 4.88 Å². The molecule has 1 aromatic carbocycles. The van der Waals surface area contributed by atoms with Crippen LogP contribution in [0.1, 0.15) is 39.7 Å². The second kappa shape index (κ2) is 6.75. The quantitative estimate of drug-likeness (QED) is 0.882. The average molecular weight is 315 g/mol. The SMILES string of the molecule is O=C(COC(=O)c1cccs1)N[C@H]1CCCc2ccccc21. The molecule has 22 heavy (non-hydrogen) atoms. The molecule has 1 aliphatic rings. The highest BCUT2D eigenvalue weighted by Gasteiger charge is 2.21. The molecule has 2 aromatic rings. The number of rotatable bonds is 4. The van der Waals surface area contributed by atoms with Gasteiger partial charge in [0.05, 0.1) is 6.04 Å². The lowest BCUT2D eigenvalue weighted by Gasteiger charge is -2.26. The number of benzene rings is 1. The molecule has 1 heterocycles. The molecule has 0 saturated carbocycles. The van der Waals surface area contributed by atoms with E-state index >= 15 is 0 Å². The number of amides is 1. The summed E-state index contributed by atoms with van der Waals surface area (Å²) < 4.78 is 5.04. The number of nitrogens with one attached hydrogen (secondary N) is 1. The van der Waals surface area contributed by atoms with E-state index in [1.54, 1.807) is 17.5 Å². The van der Waals surface area contributed by atoms with E-state index in [2.05, 4.69) is 17.4 Å². The fraction of sp³-hybridized carbons (Fsp3) is 0.294. The van der Waals surface area contributed by atoms with Gasteiger partial charge in [0, 0.05) is 0 Å². The zero-order valence-corrected chi connectivity index (χ0v) is 12.9. The Labute approximate surface area is 133 Å². The summed E-state index contributed by atoms with van der Waals surface area (Å²) in [5.74, 6) is -0.708. The van der Waals surface area contributed by atoms with Gasteiger partial charge < -0.3 is 10.1 Å². The third-order valence-electron chi connectivity index (χ3n) is 3.76. The van der Waals surface area contributed by atoms with Crippen LogP contribution in [0.15, 0.2) is 41.8 Å². The van der Waals surface area contributed by atoms with Crippen LogP contribution in [0.2, 0.25) is 0 Å². The van der Waals surface area contributed by atoms with Gasteiger partial charge in [-0.2, -0.15) is 0 Å². The summed E-state index contributed by atoms with van der Waals surface area (Å²) in [6.45, 7) is -0.241. The lowest BCUT2D eigenvalue weighted by Crippen LogP contribution is -2.34. The second-order valence-corrected chi connectivity index (χ2v) is 6.21. The molecule has 0 fully saturated rings. The topological polar surface area (TPSA) is 55.4 Å². The number of esters is 1. The minimum atomic E-state index is -0.450. The van der Waals surface area contributed by atoms with Crippen molar-refractivity contribution in [1.29, 1.82) is 0 Å². The first-order valence-corrected chi connectivity index (χ1v) is 8.20. The molecule has 1 atom stereocenters. The van der Waals surface area contributed by atoms with Crippen LogP contribution in [0.4, 0.5) is 0 Å². The normalized spacial score (nSPS) is 16.6. The highest BCUT2D eigenvalue weighted by molar-refractivity contribution is 7.11. The van der Waals surface area contributed by atoms with Gasteiger partial charge in [-0.25, -0.2) is 4.79 Å². The summed E-state index contributed by atoms with van der Waals surface area (Å²) in [4.78, 5) is 24.2. The highest BCUT2D eigenvalue weighted by Crippen LogP contribution is 2.29. The summed E-state index contributed by atoms with van der Waals surface area (Å²) in [6.07, 6.45) is 3.02. The van der Waals surface area contributed by atoms with Crippen LogP contribution in [0, 0.1) is 0 Å². The Hall–Kier alpha value is -2.14. The molecule has 1 amide bonds. The minimum Gasteiger partial charge on any atom is -0.451 e. The average Bonchev–Trinajstić information content (AvgIpc) is 3.07. The molecule has 1 aromatic heterocycles. The molecule has 114 valence electrons. The number of ether oxygens (including phenoxy) is 1. The molecule has 0 unspecified atom stereocenters. The number of hydrogen-bond acceptors (Lipinski definition) is 4. The maximum absolute atomic E-state index is 12.0. The molecule has 3 rings (SSSR count). The summed E-state index contributed by atoms with van der Waals surface area (Å²) in [5, 5.41) is 4.76. The van der Waals surface area contributed by atoms with Gasteiger partial charge >= 0.3 is 5.97 Å². The molecule has 4 nitrogen and oxygen atoms in total. The number of thiophene rings is 1. The van der Waals surface area contributed by atoms with Crippen molar-refractivity contribution in [2.75, 3.05) is 6.61 Å². The lowest BCUT2D eigenvalue weighted by molar-refractivity contribution is -0.125. The van der Waals surface area contributed by atoms with Crippen LogP contribution in [-0.4, -0.2) is 18.5 Å². The van der Waals surface area contributed by atoms with E-state index in [-0.39, 0.29) is 18.6 Å². The molecule has 0 spiro atoms. The Bertz CT molecular complexity index is 666. The Morgan fingerprint density at radius 1 is 1.23 bits per heavy atom. The van der Waals surface area contributed by atoms with E-state index in [1.807, 2.05) is 12.1 Å². The van der Waals surface area contributed by atoms with Crippen LogP contribution in [0.3, 0.4) is 0 Å². The Morgan fingerprint density at radius 3 is 2.91 bits per heavy atom. The number of carbonyl (C=O) groups excluding carboxylic acids is 2. The molecule has 0 saturated heterocycles. The fourth-order valence-electron chi connectivity index (χ4n) is 2.74. The number of aryl methyl sites for hydroxylation is 1. The van der Waals surface area contributed by atoms with Crippen LogP contribution in [-0.2, 0) is 16.0 Å². The molecule has 1 N–H and O–H groups in total. The second-order valence-electron chi connectivity index (χ2n) is 5.26. The van der Waals surface area contributed by atoms with Gasteiger partial charge in [0.25, 0.3) is 5.91 Å². The molecule has 0 bridgehead atoms. The summed E-state index contributed by atoms with van der Waals surface area (Å²) in [6, 6.07) is 11.6. The number of carbonyl (C=O) groups is 2. The zero-order valence-electron chi connectivity index (χ0n) is 12.1. The predicted molar refractivity (Wildman–Crippen MR) is 84.9 cm³/mol. The van der Waals surface area contributed by atoms with Crippen molar-refractivity contribution in [2.45, 2.75) is 25.3 Å². The van der Waals surface area contributed by atoms with Crippen LogP contribution in [0.5, 0.6) is 0 Å². The Balaban J connectivity index is 1.55. The predicted octanol–water partition coefficient (Wildman–Crippen LogP) is 3.10. The first kappa shape index (κ1) is 14.8. The van der Waals surface area contributed by atoms with Crippen molar-refractivity contribution >= 4 is 23.2 Å². The zero-order chi connectivity index (χ0) is 15.4. The smallest absolute Gasteiger partial charge is 0.348 e. The van der Waals surface area contributed by atoms with E-state index in [4.69, 9.17) is 4.74 Å². The Kier molecular flexibility index (Phi) is 4.53. The van der Waals surface area contributed by atoms with E-state index in [0.29, 0.717) is 4.88 Å². The van der Waals surface area contributed by atoms with Crippen LogP contribution >= 0.6 is 11.3 Å². The van der Waals surface area contributed by atoms with Crippen LogP contribution < -0.4 is 5.32 Å². The molecular formula is C17H17NO3S. The van der Waals surface area contributed by atoms with E-state index in [1.165, 1.54) is 22.5 Å². The first-order chi connectivity index (χ1) is 10.7. The van der Waals surface area contributed by atoms with Gasteiger partial charge in [-0.3, -0.25) is 4.79 Å². The maximum Gasteiger partial charge on any atom is 0.348 e. The van der Waals surface area contributed by atoms with Gasteiger partial charge in [-0.05, 0) is 41.8 Å². The fourth-order valence-corrected chi connectivity index (χ4v) is 3.35. The van der Waals surface area contributed by atoms with Gasteiger partial charge in [0.2, 0.25) is 0 Å². The van der Waals surface area contributed by atoms with E-state index in [9.17, 15) is 9.59 Å². The van der Waals surface area contributed by atoms with E-state index < -0.39 is 5.97 Å². The van der Waals surface area contributed by atoms with Gasteiger partial charge in [-0.15, -0.1) is 11.3 Å². The summed E-state index contributed by atoms with van der Waals surface area (Å²) in [5.41, 5.74) is 2.46. The van der Waals surface area contributed by atoms with Crippen molar-refractivity contribution in [3.05, 3.63) is 57.8 Å². The minimum absolute atomic E-state index is 0.0119. The first-order valence-electron chi connectivity index (χ1n) is 7.32. The highest BCUT2D eigenvalue weighted by atomic mass is 32.1. The van der Waals surface area contributed by atoms with Crippen molar-refractivity contribution in [2.24, 2.45) is 0 Å². The van der Waals surface area contributed by atoms with Crippen molar-refractivity contribution in [1.82, 2.24) is 5.32 Å². The Morgan fingerprint density at radius 2 is 2.09 bits per heavy atom.